The van der Waals surface area contributed by atoms with E-state index in [0.29, 0.717) is 6.04 Å². The minimum Gasteiger partial charge on any atom is -0.263 e. The van der Waals surface area contributed by atoms with Crippen molar-refractivity contribution in [3.05, 3.63) is 22.5 Å². The lowest BCUT2D eigenvalue weighted by Gasteiger charge is -2.13. The van der Waals surface area contributed by atoms with Crippen molar-refractivity contribution in [3.63, 3.8) is 0 Å². The maximum Gasteiger partial charge on any atom is 0.307 e. The predicted molar refractivity (Wildman–Crippen MR) is 57.7 cm³/mol. The molecular formula is C10H17N3O2. The van der Waals surface area contributed by atoms with Gasteiger partial charge in [-0.05, 0) is 12.8 Å². The molecule has 1 rings (SSSR count). The Morgan fingerprint density at radius 3 is 2.80 bits per heavy atom. The van der Waals surface area contributed by atoms with Crippen LogP contribution in [0.5, 0.6) is 0 Å². The highest BCUT2D eigenvalue weighted by Crippen LogP contribution is 2.20. The van der Waals surface area contributed by atoms with Crippen LogP contribution in [-0.4, -0.2) is 14.7 Å². The Bertz CT molecular complexity index is 322. The van der Waals surface area contributed by atoms with Crippen LogP contribution < -0.4 is 0 Å². The van der Waals surface area contributed by atoms with Crippen molar-refractivity contribution in [1.29, 1.82) is 0 Å². The van der Waals surface area contributed by atoms with Gasteiger partial charge in [0.15, 0.2) is 0 Å². The first-order valence-electron chi connectivity index (χ1n) is 5.37. The number of unbranched alkanes of at least 4 members (excludes halogenated alkanes) is 1. The summed E-state index contributed by atoms with van der Waals surface area (Å²) >= 11 is 0. The second-order valence-electron chi connectivity index (χ2n) is 3.64. The second-order valence-corrected chi connectivity index (χ2v) is 3.64. The Labute approximate surface area is 89.2 Å². The fraction of sp³-hybridized carbons (Fsp3) is 0.700. The van der Waals surface area contributed by atoms with Gasteiger partial charge in [-0.2, -0.15) is 5.10 Å². The van der Waals surface area contributed by atoms with Gasteiger partial charge < -0.3 is 0 Å². The minimum absolute atomic E-state index is 0.0740. The molecule has 0 aromatic carbocycles. The Balaban J connectivity index is 2.69. The topological polar surface area (TPSA) is 61.0 Å². The Kier molecular flexibility index (Phi) is 4.27. The smallest absolute Gasteiger partial charge is 0.263 e. The van der Waals surface area contributed by atoms with E-state index in [1.54, 1.807) is 4.68 Å². The lowest BCUT2D eigenvalue weighted by atomic mass is 10.1. The first-order valence-corrected chi connectivity index (χ1v) is 5.37. The van der Waals surface area contributed by atoms with Gasteiger partial charge in [-0.25, -0.2) is 0 Å². The van der Waals surface area contributed by atoms with Crippen LogP contribution in [0.2, 0.25) is 0 Å². The molecular weight excluding hydrogens is 194 g/mol. The minimum atomic E-state index is -0.407. The first-order chi connectivity index (χ1) is 7.19. The van der Waals surface area contributed by atoms with Gasteiger partial charge in [0.05, 0.1) is 11.0 Å². The van der Waals surface area contributed by atoms with Crippen molar-refractivity contribution < 1.29 is 4.92 Å². The van der Waals surface area contributed by atoms with Crippen LogP contribution in [-0.2, 0) is 0 Å². The summed E-state index contributed by atoms with van der Waals surface area (Å²) in [6.07, 6.45) is 7.09. The van der Waals surface area contributed by atoms with E-state index in [1.165, 1.54) is 12.4 Å². The Hall–Kier alpha value is -1.39. The van der Waals surface area contributed by atoms with Crippen LogP contribution >= 0.6 is 0 Å². The number of nitrogens with zero attached hydrogens (tertiary/aromatic N) is 3. The summed E-state index contributed by atoms with van der Waals surface area (Å²) in [5.41, 5.74) is 0.0740. The van der Waals surface area contributed by atoms with Crippen molar-refractivity contribution in [1.82, 2.24) is 9.78 Å². The highest BCUT2D eigenvalue weighted by atomic mass is 16.6. The quantitative estimate of drug-likeness (QED) is 0.537. The maximum atomic E-state index is 10.5. The average molecular weight is 211 g/mol. The lowest BCUT2D eigenvalue weighted by molar-refractivity contribution is -0.385. The molecule has 0 aliphatic carbocycles. The van der Waals surface area contributed by atoms with E-state index in [0.717, 1.165) is 25.7 Å². The van der Waals surface area contributed by atoms with Gasteiger partial charge in [0.25, 0.3) is 0 Å². The van der Waals surface area contributed by atoms with E-state index in [4.69, 9.17) is 0 Å². The molecule has 0 aliphatic rings. The monoisotopic (exact) mass is 211 g/mol. The molecule has 0 fully saturated rings. The third-order valence-electron chi connectivity index (χ3n) is 2.53. The van der Waals surface area contributed by atoms with E-state index in [2.05, 4.69) is 18.9 Å². The van der Waals surface area contributed by atoms with E-state index in [-0.39, 0.29) is 5.69 Å². The molecule has 5 nitrogen and oxygen atoms in total. The zero-order chi connectivity index (χ0) is 11.3. The molecule has 0 radical (unpaired) electrons. The van der Waals surface area contributed by atoms with Crippen LogP contribution in [0.25, 0.3) is 0 Å². The maximum absolute atomic E-state index is 10.5. The molecule has 0 aliphatic heterocycles. The van der Waals surface area contributed by atoms with Gasteiger partial charge in [-0.1, -0.05) is 26.7 Å². The summed E-state index contributed by atoms with van der Waals surface area (Å²) in [6.45, 7) is 4.21. The van der Waals surface area contributed by atoms with Gasteiger partial charge >= 0.3 is 5.69 Å². The summed E-state index contributed by atoms with van der Waals surface area (Å²) in [5.74, 6) is 0. The van der Waals surface area contributed by atoms with Crippen molar-refractivity contribution in [2.45, 2.75) is 45.6 Å². The summed E-state index contributed by atoms with van der Waals surface area (Å²) in [4.78, 5) is 10.1. The molecule has 1 heterocycles. The van der Waals surface area contributed by atoms with E-state index in [1.807, 2.05) is 0 Å². The zero-order valence-corrected chi connectivity index (χ0v) is 9.22. The first kappa shape index (κ1) is 11.7. The molecule has 0 N–H and O–H groups in total. The molecule has 15 heavy (non-hydrogen) atoms. The fourth-order valence-electron chi connectivity index (χ4n) is 1.59. The molecule has 1 unspecified atom stereocenters. The van der Waals surface area contributed by atoms with Crippen LogP contribution in [0.4, 0.5) is 5.69 Å². The van der Waals surface area contributed by atoms with E-state index >= 15 is 0 Å². The lowest BCUT2D eigenvalue weighted by Crippen LogP contribution is -2.08. The molecule has 5 heteroatoms. The third kappa shape index (κ3) is 3.04. The standard InChI is InChI=1S/C10H17N3O2/c1-3-5-6-9(4-2)12-8-10(7-11-12)13(14)15/h7-9H,3-6H2,1-2H3. The largest absolute Gasteiger partial charge is 0.307 e. The molecule has 0 spiro atoms. The molecule has 0 saturated carbocycles. The van der Waals surface area contributed by atoms with Crippen LogP contribution in [0.3, 0.4) is 0 Å². The third-order valence-corrected chi connectivity index (χ3v) is 2.53. The molecule has 1 atom stereocenters. The summed E-state index contributed by atoms with van der Waals surface area (Å²) in [6, 6.07) is 0.290. The summed E-state index contributed by atoms with van der Waals surface area (Å²) < 4.78 is 1.72. The average Bonchev–Trinajstić information content (AvgIpc) is 2.68. The molecule has 1 aromatic rings. The molecule has 0 amide bonds. The zero-order valence-electron chi connectivity index (χ0n) is 9.22. The van der Waals surface area contributed by atoms with Crippen LogP contribution in [0.15, 0.2) is 12.4 Å². The van der Waals surface area contributed by atoms with Gasteiger partial charge in [0.1, 0.15) is 12.4 Å². The molecule has 0 bridgehead atoms. The van der Waals surface area contributed by atoms with Crippen molar-refractivity contribution in [3.8, 4) is 0 Å². The van der Waals surface area contributed by atoms with Crippen LogP contribution in [0.1, 0.15) is 45.6 Å². The fourth-order valence-corrected chi connectivity index (χ4v) is 1.59. The normalized spacial score (nSPS) is 12.7. The summed E-state index contributed by atoms with van der Waals surface area (Å²) in [7, 11) is 0. The molecule has 0 saturated heterocycles. The molecule has 84 valence electrons. The van der Waals surface area contributed by atoms with Crippen molar-refractivity contribution in [2.24, 2.45) is 0 Å². The Morgan fingerprint density at radius 2 is 2.33 bits per heavy atom. The highest BCUT2D eigenvalue weighted by molar-refractivity contribution is 5.20. The Morgan fingerprint density at radius 1 is 1.60 bits per heavy atom. The summed E-state index contributed by atoms with van der Waals surface area (Å²) in [5, 5.41) is 14.5. The number of hydrogen-bond acceptors (Lipinski definition) is 3. The predicted octanol–water partition coefficient (Wildman–Crippen LogP) is 2.93. The van der Waals surface area contributed by atoms with Crippen LogP contribution in [0, 0.1) is 10.1 Å². The SMILES string of the molecule is CCCCC(CC)n1cc([N+](=O)[O-])cn1. The molecule has 1 aromatic heterocycles. The van der Waals surface area contributed by atoms with Gasteiger partial charge in [-0.3, -0.25) is 14.8 Å². The van der Waals surface area contributed by atoms with E-state index in [9.17, 15) is 10.1 Å². The van der Waals surface area contributed by atoms with Gasteiger partial charge in [0.2, 0.25) is 0 Å². The van der Waals surface area contributed by atoms with Gasteiger partial charge in [0, 0.05) is 0 Å². The number of rotatable bonds is 6. The van der Waals surface area contributed by atoms with Crippen molar-refractivity contribution in [2.75, 3.05) is 0 Å². The van der Waals surface area contributed by atoms with Gasteiger partial charge in [-0.15, -0.1) is 0 Å². The highest BCUT2D eigenvalue weighted by Gasteiger charge is 2.14. The van der Waals surface area contributed by atoms with Crippen molar-refractivity contribution >= 4 is 5.69 Å². The second kappa shape index (κ2) is 5.48. The van der Waals surface area contributed by atoms with E-state index < -0.39 is 4.92 Å². The number of aromatic nitrogens is 2. The number of nitro groups is 1. The number of hydrogen-bond donors (Lipinski definition) is 0.